The molecule has 0 aromatic heterocycles. The van der Waals surface area contributed by atoms with Gasteiger partial charge in [-0.05, 0) is 57.6 Å². The average Bonchev–Trinajstić information content (AvgIpc) is 3.76. The number of benzene rings is 1. The Labute approximate surface area is 311 Å². The molecule has 0 aliphatic carbocycles. The second-order valence-electron chi connectivity index (χ2n) is 13.9. The maximum absolute atomic E-state index is 14.1. The Balaban J connectivity index is 2.14. The molecule has 8 atom stereocenters. The minimum atomic E-state index is -1.49. The van der Waals surface area contributed by atoms with E-state index >= 15 is 0 Å². The number of likely N-dealkylation sites (N-methyl/N-ethyl adjacent to an activating group) is 1. The molecular formula is C37H53ClN2O10S. The number of thiol groups is 1. The summed E-state index contributed by atoms with van der Waals surface area (Å²) in [6.45, 7) is 9.90. The average molecular weight is 753 g/mol. The van der Waals surface area contributed by atoms with E-state index in [0.717, 1.165) is 11.1 Å². The lowest BCUT2D eigenvalue weighted by Gasteiger charge is -2.35. The van der Waals surface area contributed by atoms with Gasteiger partial charge < -0.3 is 38.6 Å². The van der Waals surface area contributed by atoms with Crippen molar-refractivity contribution in [3.05, 3.63) is 46.5 Å². The number of nitrogens with zero attached hydrogens (tertiary/aromatic N) is 2. The molecule has 3 rings (SSSR count). The van der Waals surface area contributed by atoms with Crippen LogP contribution >= 0.6 is 24.2 Å². The second kappa shape index (κ2) is 17.6. The third kappa shape index (κ3) is 10.3. The van der Waals surface area contributed by atoms with E-state index in [0.29, 0.717) is 23.6 Å². The highest BCUT2D eigenvalue weighted by molar-refractivity contribution is 7.80. The Kier molecular flexibility index (Phi) is 14.6. The van der Waals surface area contributed by atoms with Crippen LogP contribution in [-0.4, -0.2) is 109 Å². The van der Waals surface area contributed by atoms with Crippen molar-refractivity contribution < 1.29 is 48.0 Å². The number of rotatable bonds is 8. The van der Waals surface area contributed by atoms with Gasteiger partial charge in [-0.25, -0.2) is 4.79 Å². The third-order valence-electron chi connectivity index (χ3n) is 9.83. The summed E-state index contributed by atoms with van der Waals surface area (Å²) < 4.78 is 29.3. The summed E-state index contributed by atoms with van der Waals surface area (Å²) in [7, 11) is 6.05. The Morgan fingerprint density at radius 1 is 1.22 bits per heavy atom. The van der Waals surface area contributed by atoms with Crippen LogP contribution in [0.5, 0.6) is 5.75 Å². The molecule has 1 aromatic carbocycles. The fraction of sp³-hybridized carbons (Fsp3) is 0.622. The van der Waals surface area contributed by atoms with E-state index < -0.39 is 65.4 Å². The summed E-state index contributed by atoms with van der Waals surface area (Å²) in [6.07, 6.45) is 2.30. The highest BCUT2D eigenvalue weighted by Gasteiger charge is 2.64. The van der Waals surface area contributed by atoms with Gasteiger partial charge >= 0.3 is 11.9 Å². The monoisotopic (exact) mass is 752 g/mol. The lowest BCUT2D eigenvalue weighted by molar-refractivity contribution is -0.161. The van der Waals surface area contributed by atoms with Gasteiger partial charge in [-0.3, -0.25) is 14.4 Å². The van der Waals surface area contributed by atoms with Crippen LogP contribution in [0.3, 0.4) is 0 Å². The summed E-state index contributed by atoms with van der Waals surface area (Å²) in [4.78, 5) is 55.3. The van der Waals surface area contributed by atoms with E-state index in [1.165, 1.54) is 38.0 Å². The van der Waals surface area contributed by atoms with Crippen LogP contribution in [0, 0.1) is 5.92 Å². The number of hydrogen-bond acceptors (Lipinski definition) is 11. The van der Waals surface area contributed by atoms with E-state index in [4.69, 9.17) is 35.3 Å². The first kappa shape index (κ1) is 42.3. The van der Waals surface area contributed by atoms with E-state index in [9.17, 15) is 24.3 Å². The number of carbonyl (C=O) groups is 4. The number of fused-ring (bicyclic) bond motifs is 3. The number of amides is 2. The van der Waals surface area contributed by atoms with Crippen molar-refractivity contribution in [3.63, 3.8) is 0 Å². The van der Waals surface area contributed by atoms with Crippen LogP contribution in [0.25, 0.3) is 0 Å². The summed E-state index contributed by atoms with van der Waals surface area (Å²) in [5.74, 6) is -1.85. The molecule has 0 unspecified atom stereocenters. The van der Waals surface area contributed by atoms with Gasteiger partial charge in [-0.2, -0.15) is 12.6 Å². The molecule has 1 N–H and O–H groups in total. The van der Waals surface area contributed by atoms with Crippen LogP contribution in [0.1, 0.15) is 66.4 Å². The van der Waals surface area contributed by atoms with Gasteiger partial charge in [0.05, 0.1) is 30.9 Å². The number of anilines is 1. The standard InChI is InChI=1S/C37H53ClN2O10S/c1-21-12-11-13-29(47-10)36(5,45)20-28(48-24(4)41)22(2)34-37(6,50-34)30(49-35(44)23(3)39(7)31(42)14-15-51)19-32(43)40(8)26-17-25(16-21)18-27(46-9)33(26)38/h11-13,17-18,22-23,28-30,34,45,51H,14-16,19-20H2,1-10H3/b13-11+,21-12+/t22-,23-,28+,29-,30+,34+,36+,37+/m1/s1. The highest BCUT2D eigenvalue weighted by atomic mass is 35.5. The smallest absolute Gasteiger partial charge is 0.328 e. The zero-order valence-corrected chi connectivity index (χ0v) is 32.9. The molecule has 14 heteroatoms. The predicted molar refractivity (Wildman–Crippen MR) is 197 cm³/mol. The molecule has 0 saturated carbocycles. The number of methoxy groups -OCH3 is 2. The molecule has 1 aromatic rings. The van der Waals surface area contributed by atoms with Crippen molar-refractivity contribution in [2.75, 3.05) is 39.0 Å². The number of halogens is 1. The van der Waals surface area contributed by atoms with Gasteiger partial charge in [0.15, 0.2) is 0 Å². The van der Waals surface area contributed by atoms with Crippen LogP contribution in [0.15, 0.2) is 35.9 Å². The molecule has 1 fully saturated rings. The minimum absolute atomic E-state index is 0.0133. The molecule has 284 valence electrons. The Hall–Kier alpha value is -3.10. The minimum Gasteiger partial charge on any atom is -0.495 e. The number of carbonyl (C=O) groups excluding carboxylic acids is 4. The molecule has 1 saturated heterocycles. The molecule has 2 bridgehead atoms. The second-order valence-corrected chi connectivity index (χ2v) is 14.7. The molecule has 2 heterocycles. The Morgan fingerprint density at radius 2 is 1.88 bits per heavy atom. The highest BCUT2D eigenvalue weighted by Crippen LogP contribution is 2.49. The zero-order chi connectivity index (χ0) is 38.4. The fourth-order valence-electron chi connectivity index (χ4n) is 6.45. The van der Waals surface area contributed by atoms with Gasteiger partial charge in [0, 0.05) is 46.9 Å². The van der Waals surface area contributed by atoms with Crippen LogP contribution < -0.4 is 9.64 Å². The number of hydrogen-bond donors (Lipinski definition) is 2. The number of allylic oxidation sites excluding steroid dienone is 3. The first-order chi connectivity index (χ1) is 23.8. The summed E-state index contributed by atoms with van der Waals surface area (Å²) in [5.41, 5.74) is -0.527. The van der Waals surface area contributed by atoms with E-state index in [-0.39, 0.29) is 30.2 Å². The summed E-state index contributed by atoms with van der Waals surface area (Å²) >= 11 is 10.9. The SMILES string of the molecule is COc1cc2cc(c1Cl)N(C)C(=O)C[C@H](OC(=O)[C@@H](C)N(C)C(=O)CCS)[C@]1(C)O[C@H]1[C@H](C)[C@@H](OC(C)=O)C[C@](C)(O)[C@H](OC)/C=C/C=C(\C)C2. The van der Waals surface area contributed by atoms with Crippen molar-refractivity contribution in [2.45, 2.75) is 109 Å². The third-order valence-corrected chi connectivity index (χ3v) is 10.4. The molecule has 2 aliphatic rings. The van der Waals surface area contributed by atoms with Crippen molar-refractivity contribution in [1.29, 1.82) is 0 Å². The fourth-order valence-corrected chi connectivity index (χ4v) is 6.95. The van der Waals surface area contributed by atoms with Crippen molar-refractivity contribution in [2.24, 2.45) is 5.92 Å². The molecule has 51 heavy (non-hydrogen) atoms. The lowest BCUT2D eigenvalue weighted by Crippen LogP contribution is -2.48. The summed E-state index contributed by atoms with van der Waals surface area (Å²) in [6, 6.07) is 2.62. The molecule has 0 spiro atoms. The van der Waals surface area contributed by atoms with Gasteiger partial charge in [-0.1, -0.05) is 42.3 Å². The number of epoxide rings is 1. The maximum atomic E-state index is 14.1. The number of esters is 2. The predicted octanol–water partition coefficient (Wildman–Crippen LogP) is 4.72. The Morgan fingerprint density at radius 3 is 2.47 bits per heavy atom. The molecule has 0 radical (unpaired) electrons. The molecule has 2 amide bonds. The van der Waals surface area contributed by atoms with Crippen molar-refractivity contribution in [1.82, 2.24) is 4.90 Å². The molecule has 2 aliphatic heterocycles. The van der Waals surface area contributed by atoms with Gasteiger partial charge in [-0.15, -0.1) is 0 Å². The van der Waals surface area contributed by atoms with Gasteiger partial charge in [0.2, 0.25) is 11.8 Å². The van der Waals surface area contributed by atoms with Crippen molar-refractivity contribution >= 4 is 53.7 Å². The summed E-state index contributed by atoms with van der Waals surface area (Å²) in [5, 5.41) is 11.9. The topological polar surface area (TPSA) is 144 Å². The van der Waals surface area contributed by atoms with Crippen LogP contribution in [0.4, 0.5) is 5.69 Å². The number of ether oxygens (including phenoxy) is 5. The Bertz CT molecular complexity index is 1520. The van der Waals surface area contributed by atoms with E-state index in [1.807, 2.05) is 19.9 Å². The quantitative estimate of drug-likeness (QED) is 0.218. The van der Waals surface area contributed by atoms with Crippen molar-refractivity contribution in [3.8, 4) is 5.75 Å². The largest absolute Gasteiger partial charge is 0.495 e. The first-order valence-corrected chi connectivity index (χ1v) is 18.0. The number of aliphatic hydroxyl groups is 1. The zero-order valence-electron chi connectivity index (χ0n) is 31.2. The van der Waals surface area contributed by atoms with Gasteiger partial charge in [0.25, 0.3) is 0 Å². The molecule has 12 nitrogen and oxygen atoms in total. The molecular weight excluding hydrogens is 700 g/mol. The normalized spacial score (nSPS) is 31.0. The van der Waals surface area contributed by atoms with E-state index in [2.05, 4.69) is 12.6 Å². The van der Waals surface area contributed by atoms with Gasteiger partial charge in [0.1, 0.15) is 40.7 Å². The lowest BCUT2D eigenvalue weighted by atomic mass is 9.82. The van der Waals surface area contributed by atoms with E-state index in [1.54, 1.807) is 52.1 Å². The van der Waals surface area contributed by atoms with Crippen LogP contribution in [0.2, 0.25) is 5.02 Å². The maximum Gasteiger partial charge on any atom is 0.328 e. The first-order valence-electron chi connectivity index (χ1n) is 16.9. The van der Waals surface area contributed by atoms with Crippen LogP contribution in [-0.2, 0) is 44.5 Å².